The lowest BCUT2D eigenvalue weighted by Crippen LogP contribution is -2.47. The van der Waals surface area contributed by atoms with Crippen LogP contribution in [0.25, 0.3) is 0 Å². The Balaban J connectivity index is 2.47. The molecule has 0 saturated carbocycles. The number of benzene rings is 1. The van der Waals surface area contributed by atoms with Crippen LogP contribution >= 0.6 is 15.9 Å². The van der Waals surface area contributed by atoms with Crippen LogP contribution < -0.4 is 10.6 Å². The number of halogens is 1. The summed E-state index contributed by atoms with van der Waals surface area (Å²) in [6.45, 7) is 7.91. The van der Waals surface area contributed by atoms with Gasteiger partial charge in [0.25, 0.3) is 0 Å². The first kappa shape index (κ1) is 18.5. The summed E-state index contributed by atoms with van der Waals surface area (Å²) in [6.07, 6.45) is 0. The number of likely N-dealkylation sites (N-methyl/N-ethyl adjacent to an activating group) is 1. The first-order valence-corrected chi connectivity index (χ1v) is 7.93. The average molecular weight is 370 g/mol. The van der Waals surface area contributed by atoms with Crippen LogP contribution in [0.1, 0.15) is 26.3 Å². The molecule has 0 fully saturated rings. The number of rotatable bonds is 5. The second kappa shape index (κ2) is 7.63. The van der Waals surface area contributed by atoms with Crippen molar-refractivity contribution in [2.24, 2.45) is 0 Å². The third-order valence-electron chi connectivity index (χ3n) is 2.92. The van der Waals surface area contributed by atoms with Crippen LogP contribution in [0.15, 0.2) is 22.7 Å². The van der Waals surface area contributed by atoms with Gasteiger partial charge in [-0.05, 0) is 51.5 Å². The molecule has 6 heteroatoms. The van der Waals surface area contributed by atoms with E-state index in [1.165, 1.54) is 4.90 Å². The van der Waals surface area contributed by atoms with Gasteiger partial charge in [-0.1, -0.05) is 15.9 Å². The van der Waals surface area contributed by atoms with Crippen LogP contribution in [0.2, 0.25) is 0 Å². The largest absolute Gasteiger partial charge is 0.376 e. The van der Waals surface area contributed by atoms with Crippen LogP contribution in [0.4, 0.5) is 5.69 Å². The molecule has 0 radical (unpaired) electrons. The zero-order chi connectivity index (χ0) is 16.9. The van der Waals surface area contributed by atoms with E-state index in [0.29, 0.717) is 0 Å². The maximum atomic E-state index is 12.0. The molecule has 0 saturated heterocycles. The second-order valence-corrected chi connectivity index (χ2v) is 7.22. The van der Waals surface area contributed by atoms with Crippen LogP contribution in [0.5, 0.6) is 0 Å². The minimum Gasteiger partial charge on any atom is -0.376 e. The number of nitrogens with one attached hydrogen (secondary N) is 2. The van der Waals surface area contributed by atoms with E-state index in [1.54, 1.807) is 7.05 Å². The fraction of sp³-hybridized carbons (Fsp3) is 0.500. The van der Waals surface area contributed by atoms with Crippen LogP contribution in [0.3, 0.4) is 0 Å². The van der Waals surface area contributed by atoms with Crippen molar-refractivity contribution in [2.75, 3.05) is 25.5 Å². The van der Waals surface area contributed by atoms with Crippen molar-refractivity contribution < 1.29 is 9.59 Å². The van der Waals surface area contributed by atoms with Crippen molar-refractivity contribution in [3.63, 3.8) is 0 Å². The molecule has 0 aliphatic heterocycles. The minimum atomic E-state index is -0.297. The van der Waals surface area contributed by atoms with Gasteiger partial charge in [0.2, 0.25) is 11.8 Å². The van der Waals surface area contributed by atoms with E-state index in [-0.39, 0.29) is 30.4 Å². The molecule has 0 aromatic heterocycles. The summed E-state index contributed by atoms with van der Waals surface area (Å²) in [5.74, 6) is -0.299. The van der Waals surface area contributed by atoms with Gasteiger partial charge in [0.1, 0.15) is 0 Å². The average Bonchev–Trinajstić information content (AvgIpc) is 2.37. The Hall–Kier alpha value is -1.56. The highest BCUT2D eigenvalue weighted by Crippen LogP contribution is 2.19. The third kappa shape index (κ3) is 6.47. The number of carbonyl (C=O) groups is 2. The Labute approximate surface area is 140 Å². The molecule has 0 heterocycles. The van der Waals surface area contributed by atoms with E-state index in [9.17, 15) is 9.59 Å². The molecule has 5 nitrogen and oxygen atoms in total. The number of hydrogen-bond donors (Lipinski definition) is 2. The topological polar surface area (TPSA) is 61.4 Å². The van der Waals surface area contributed by atoms with E-state index >= 15 is 0 Å². The smallest absolute Gasteiger partial charge is 0.242 e. The Bertz CT molecular complexity index is 553. The Morgan fingerprint density at radius 1 is 1.27 bits per heavy atom. The molecular weight excluding hydrogens is 346 g/mol. The lowest BCUT2D eigenvalue weighted by atomic mass is 10.1. The zero-order valence-electron chi connectivity index (χ0n) is 13.8. The van der Waals surface area contributed by atoms with E-state index in [4.69, 9.17) is 0 Å². The molecule has 0 unspecified atom stereocenters. The summed E-state index contributed by atoms with van der Waals surface area (Å²) in [5, 5.41) is 5.91. The molecule has 122 valence electrons. The van der Waals surface area contributed by atoms with Gasteiger partial charge < -0.3 is 15.5 Å². The molecule has 0 spiro atoms. The van der Waals surface area contributed by atoms with Gasteiger partial charge in [0, 0.05) is 22.7 Å². The number of aryl methyl sites for hydroxylation is 1. The van der Waals surface area contributed by atoms with Gasteiger partial charge in [0.15, 0.2) is 0 Å². The summed E-state index contributed by atoms with van der Waals surface area (Å²) in [6, 6.07) is 5.79. The van der Waals surface area contributed by atoms with Crippen molar-refractivity contribution >= 4 is 33.4 Å². The maximum Gasteiger partial charge on any atom is 0.242 e. The summed E-state index contributed by atoms with van der Waals surface area (Å²) < 4.78 is 1.03. The quantitative estimate of drug-likeness (QED) is 0.838. The number of hydrogen-bond acceptors (Lipinski definition) is 3. The zero-order valence-corrected chi connectivity index (χ0v) is 15.4. The molecule has 0 aliphatic rings. The molecule has 0 aliphatic carbocycles. The molecule has 1 rings (SSSR count). The van der Waals surface area contributed by atoms with Gasteiger partial charge in [-0.3, -0.25) is 9.59 Å². The summed E-state index contributed by atoms with van der Waals surface area (Å²) >= 11 is 3.44. The lowest BCUT2D eigenvalue weighted by molar-refractivity contribution is -0.133. The number of carbonyl (C=O) groups excluding carboxylic acids is 2. The molecule has 1 aromatic carbocycles. The maximum absolute atomic E-state index is 12.0. The Kier molecular flexibility index (Phi) is 6.41. The first-order chi connectivity index (χ1) is 10.1. The standard InChI is InChI=1S/C16H24BrN3O2/c1-11-8-12(6-7-13(11)17)18-9-15(22)20(5)10-14(21)19-16(2,3)4/h6-8,18H,9-10H2,1-5H3,(H,19,21). The highest BCUT2D eigenvalue weighted by atomic mass is 79.9. The van der Waals surface area contributed by atoms with Gasteiger partial charge >= 0.3 is 0 Å². The number of anilines is 1. The second-order valence-electron chi connectivity index (χ2n) is 6.37. The van der Waals surface area contributed by atoms with Crippen molar-refractivity contribution in [3.8, 4) is 0 Å². The third-order valence-corrected chi connectivity index (χ3v) is 3.81. The Morgan fingerprint density at radius 2 is 1.91 bits per heavy atom. The van der Waals surface area contributed by atoms with Crippen LogP contribution in [0, 0.1) is 6.92 Å². The lowest BCUT2D eigenvalue weighted by Gasteiger charge is -2.23. The molecule has 22 heavy (non-hydrogen) atoms. The van der Waals surface area contributed by atoms with Crippen molar-refractivity contribution in [1.29, 1.82) is 0 Å². The van der Waals surface area contributed by atoms with E-state index < -0.39 is 0 Å². The molecule has 0 bridgehead atoms. The molecule has 2 amide bonds. The van der Waals surface area contributed by atoms with Gasteiger partial charge in [-0.2, -0.15) is 0 Å². The molecular formula is C16H24BrN3O2. The molecule has 1 aromatic rings. The van der Waals surface area contributed by atoms with Crippen LogP contribution in [-0.2, 0) is 9.59 Å². The van der Waals surface area contributed by atoms with Crippen molar-refractivity contribution in [2.45, 2.75) is 33.2 Å². The van der Waals surface area contributed by atoms with Crippen molar-refractivity contribution in [1.82, 2.24) is 10.2 Å². The fourth-order valence-corrected chi connectivity index (χ4v) is 2.08. The molecule has 0 atom stereocenters. The minimum absolute atomic E-state index is 0.0527. The summed E-state index contributed by atoms with van der Waals surface area (Å²) in [4.78, 5) is 25.3. The monoisotopic (exact) mass is 369 g/mol. The van der Waals surface area contributed by atoms with E-state index in [2.05, 4.69) is 26.6 Å². The van der Waals surface area contributed by atoms with Gasteiger partial charge in [-0.15, -0.1) is 0 Å². The fourth-order valence-electron chi connectivity index (χ4n) is 1.83. The van der Waals surface area contributed by atoms with E-state index in [1.807, 2.05) is 45.9 Å². The predicted molar refractivity (Wildman–Crippen MR) is 92.9 cm³/mol. The highest BCUT2D eigenvalue weighted by molar-refractivity contribution is 9.10. The Morgan fingerprint density at radius 3 is 2.45 bits per heavy atom. The van der Waals surface area contributed by atoms with Gasteiger partial charge in [0.05, 0.1) is 13.1 Å². The van der Waals surface area contributed by atoms with Crippen LogP contribution in [-0.4, -0.2) is 42.4 Å². The summed E-state index contributed by atoms with van der Waals surface area (Å²) in [5.41, 5.74) is 1.67. The number of amides is 2. The van der Waals surface area contributed by atoms with E-state index in [0.717, 1.165) is 15.7 Å². The first-order valence-electron chi connectivity index (χ1n) is 7.13. The SMILES string of the molecule is Cc1cc(NCC(=O)N(C)CC(=O)NC(C)(C)C)ccc1Br. The predicted octanol–water partition coefficient (Wildman–Crippen LogP) is 2.54. The summed E-state index contributed by atoms with van der Waals surface area (Å²) in [7, 11) is 1.62. The number of nitrogens with zero attached hydrogens (tertiary/aromatic N) is 1. The highest BCUT2D eigenvalue weighted by Gasteiger charge is 2.17. The molecule has 2 N–H and O–H groups in total. The normalized spacial score (nSPS) is 11.0. The van der Waals surface area contributed by atoms with Crippen molar-refractivity contribution in [3.05, 3.63) is 28.2 Å². The van der Waals surface area contributed by atoms with Gasteiger partial charge in [-0.25, -0.2) is 0 Å².